The maximum atomic E-state index is 13.1. The lowest BCUT2D eigenvalue weighted by Gasteiger charge is -2.35. The molecule has 1 amide bonds. The topological polar surface area (TPSA) is 109 Å². The molecule has 2 aromatic rings. The van der Waals surface area contributed by atoms with Gasteiger partial charge in [0.15, 0.2) is 5.65 Å². The third-order valence-electron chi connectivity index (χ3n) is 5.70. The Hall–Kier alpha value is -2.23. The third-order valence-corrected chi connectivity index (χ3v) is 5.70. The molecule has 0 saturated carbocycles. The summed E-state index contributed by atoms with van der Waals surface area (Å²) in [4.78, 5) is 21.4. The molecule has 9 heteroatoms. The van der Waals surface area contributed by atoms with Gasteiger partial charge in [-0.2, -0.15) is 9.61 Å². The Morgan fingerprint density at radius 1 is 1.29 bits per heavy atom. The molecular weight excluding hydrogens is 360 g/mol. The van der Waals surface area contributed by atoms with E-state index in [9.17, 15) is 9.90 Å². The molecule has 4 heterocycles. The van der Waals surface area contributed by atoms with Gasteiger partial charge in [-0.25, -0.2) is 4.98 Å². The van der Waals surface area contributed by atoms with Crippen LogP contribution in [0.5, 0.6) is 0 Å². The van der Waals surface area contributed by atoms with E-state index >= 15 is 0 Å². The summed E-state index contributed by atoms with van der Waals surface area (Å²) in [5, 5.41) is 15.4. The number of nitrogen functional groups attached to an aromatic ring is 1. The van der Waals surface area contributed by atoms with Crippen molar-refractivity contribution in [3.8, 4) is 0 Å². The summed E-state index contributed by atoms with van der Waals surface area (Å²) >= 11 is 0. The van der Waals surface area contributed by atoms with Gasteiger partial charge >= 0.3 is 0 Å². The number of nitrogens with zero attached hydrogens (tertiary/aromatic N) is 5. The number of aromatic nitrogens is 3. The number of ether oxygens (including phenoxy) is 1. The van der Waals surface area contributed by atoms with Crippen molar-refractivity contribution in [2.75, 3.05) is 51.7 Å². The molecule has 0 bridgehead atoms. The lowest BCUT2D eigenvalue weighted by atomic mass is 9.94. The predicted octanol–water partition coefficient (Wildman–Crippen LogP) is 0.309. The standard InChI is InChI=1S/C19H28N6O3/c1-14-11-16-21-12-15(17(20)25(16)22-14)18(26)24-5-2-3-19(27,4-6-24)13-23-7-9-28-10-8-23/h11-12,27H,2-10,13,20H2,1H3. The Balaban J connectivity index is 1.46. The van der Waals surface area contributed by atoms with Gasteiger partial charge in [0.2, 0.25) is 0 Å². The van der Waals surface area contributed by atoms with Crippen LogP contribution >= 0.6 is 0 Å². The fourth-order valence-electron chi connectivity index (χ4n) is 4.12. The van der Waals surface area contributed by atoms with Crippen molar-refractivity contribution in [2.24, 2.45) is 0 Å². The summed E-state index contributed by atoms with van der Waals surface area (Å²) in [6.07, 6.45) is 3.51. The molecular formula is C19H28N6O3. The number of carbonyl (C=O) groups excluding carboxylic acids is 1. The normalized spacial score (nSPS) is 24.4. The zero-order valence-electron chi connectivity index (χ0n) is 16.3. The highest BCUT2D eigenvalue weighted by molar-refractivity contribution is 5.98. The molecule has 152 valence electrons. The number of morpholine rings is 1. The van der Waals surface area contributed by atoms with Gasteiger partial charge in [-0.15, -0.1) is 0 Å². The number of amides is 1. The first-order chi connectivity index (χ1) is 13.5. The first-order valence-corrected chi connectivity index (χ1v) is 9.88. The quantitative estimate of drug-likeness (QED) is 0.779. The van der Waals surface area contributed by atoms with Crippen LogP contribution in [0.1, 0.15) is 35.3 Å². The molecule has 28 heavy (non-hydrogen) atoms. The summed E-state index contributed by atoms with van der Waals surface area (Å²) in [6, 6.07) is 1.82. The molecule has 2 aromatic heterocycles. The molecule has 3 N–H and O–H groups in total. The first-order valence-electron chi connectivity index (χ1n) is 9.88. The highest BCUT2D eigenvalue weighted by atomic mass is 16.5. The highest BCUT2D eigenvalue weighted by Crippen LogP contribution is 2.26. The van der Waals surface area contributed by atoms with Crippen LogP contribution in [0.3, 0.4) is 0 Å². The maximum Gasteiger partial charge on any atom is 0.259 e. The Kier molecular flexibility index (Phi) is 5.22. The van der Waals surface area contributed by atoms with Crippen LogP contribution in [-0.4, -0.2) is 87.0 Å². The highest BCUT2D eigenvalue weighted by Gasteiger charge is 2.34. The van der Waals surface area contributed by atoms with E-state index in [0.717, 1.165) is 25.2 Å². The molecule has 2 fully saturated rings. The number of aliphatic hydroxyl groups is 1. The lowest BCUT2D eigenvalue weighted by molar-refractivity contribution is -0.0389. The molecule has 2 aliphatic heterocycles. The fourth-order valence-corrected chi connectivity index (χ4v) is 4.12. The molecule has 2 saturated heterocycles. The van der Waals surface area contributed by atoms with Gasteiger partial charge in [-0.05, 0) is 26.2 Å². The lowest BCUT2D eigenvalue weighted by Crippen LogP contribution is -2.48. The van der Waals surface area contributed by atoms with Gasteiger partial charge in [0, 0.05) is 45.0 Å². The van der Waals surface area contributed by atoms with Gasteiger partial charge in [-0.1, -0.05) is 0 Å². The van der Waals surface area contributed by atoms with Crippen molar-refractivity contribution in [3.63, 3.8) is 0 Å². The van der Waals surface area contributed by atoms with Crippen LogP contribution in [0.4, 0.5) is 5.82 Å². The summed E-state index contributed by atoms with van der Waals surface area (Å²) in [6.45, 7) is 6.69. The molecule has 0 aromatic carbocycles. The Labute approximate surface area is 164 Å². The van der Waals surface area contributed by atoms with Gasteiger partial charge in [0.05, 0.1) is 24.5 Å². The zero-order valence-corrected chi connectivity index (χ0v) is 16.3. The van der Waals surface area contributed by atoms with Crippen molar-refractivity contribution in [1.29, 1.82) is 0 Å². The van der Waals surface area contributed by atoms with Gasteiger partial charge < -0.3 is 20.5 Å². The minimum Gasteiger partial charge on any atom is -0.388 e. The van der Waals surface area contributed by atoms with Crippen LogP contribution in [-0.2, 0) is 4.74 Å². The Morgan fingerprint density at radius 2 is 2.07 bits per heavy atom. The van der Waals surface area contributed by atoms with E-state index in [-0.39, 0.29) is 5.91 Å². The van der Waals surface area contributed by atoms with Crippen LogP contribution < -0.4 is 5.73 Å². The number of likely N-dealkylation sites (tertiary alicyclic amines) is 1. The second-order valence-corrected chi connectivity index (χ2v) is 7.87. The minimum atomic E-state index is -0.779. The second-order valence-electron chi connectivity index (χ2n) is 7.87. The van der Waals surface area contributed by atoms with E-state index in [4.69, 9.17) is 10.5 Å². The summed E-state index contributed by atoms with van der Waals surface area (Å²) in [5.41, 5.74) is 7.20. The van der Waals surface area contributed by atoms with Crippen molar-refractivity contribution in [2.45, 2.75) is 31.8 Å². The molecule has 4 rings (SSSR count). The molecule has 0 radical (unpaired) electrons. The summed E-state index contributed by atoms with van der Waals surface area (Å²) in [5.74, 6) is 0.145. The van der Waals surface area contributed by atoms with Crippen molar-refractivity contribution < 1.29 is 14.6 Å². The second kappa shape index (κ2) is 7.65. The van der Waals surface area contributed by atoms with Crippen molar-refractivity contribution in [3.05, 3.63) is 23.5 Å². The van der Waals surface area contributed by atoms with Crippen LogP contribution in [0.15, 0.2) is 12.3 Å². The van der Waals surface area contributed by atoms with E-state index in [1.807, 2.05) is 13.0 Å². The average Bonchev–Trinajstić information content (AvgIpc) is 2.95. The first kappa shape index (κ1) is 19.1. The molecule has 0 aliphatic carbocycles. The third kappa shape index (κ3) is 3.82. The number of hydrogen-bond acceptors (Lipinski definition) is 7. The van der Waals surface area contributed by atoms with E-state index in [2.05, 4.69) is 15.0 Å². The number of carbonyl (C=O) groups is 1. The number of nitrogens with two attached hydrogens (primary N) is 1. The summed E-state index contributed by atoms with van der Waals surface area (Å²) in [7, 11) is 0. The van der Waals surface area contributed by atoms with Crippen LogP contribution in [0.2, 0.25) is 0 Å². The Morgan fingerprint density at radius 3 is 2.86 bits per heavy atom. The maximum absolute atomic E-state index is 13.1. The number of aryl methyl sites for hydroxylation is 1. The SMILES string of the molecule is Cc1cc2ncc(C(=O)N3CCCC(O)(CN4CCOCC4)CC3)c(N)n2n1. The number of anilines is 1. The Bertz CT molecular complexity index is 863. The van der Waals surface area contributed by atoms with E-state index < -0.39 is 5.60 Å². The van der Waals surface area contributed by atoms with E-state index in [1.165, 1.54) is 10.7 Å². The number of hydrogen-bond donors (Lipinski definition) is 2. The van der Waals surface area contributed by atoms with Crippen molar-refractivity contribution >= 4 is 17.4 Å². The smallest absolute Gasteiger partial charge is 0.259 e. The van der Waals surface area contributed by atoms with E-state index in [1.54, 1.807) is 4.90 Å². The average molecular weight is 388 g/mol. The monoisotopic (exact) mass is 388 g/mol. The van der Waals surface area contributed by atoms with Crippen LogP contribution in [0, 0.1) is 6.92 Å². The zero-order chi connectivity index (χ0) is 19.7. The van der Waals surface area contributed by atoms with Gasteiger partial charge in [-0.3, -0.25) is 9.69 Å². The molecule has 1 atom stereocenters. The number of fused-ring (bicyclic) bond motifs is 1. The van der Waals surface area contributed by atoms with Crippen LogP contribution in [0.25, 0.3) is 5.65 Å². The largest absolute Gasteiger partial charge is 0.388 e. The number of rotatable bonds is 3. The van der Waals surface area contributed by atoms with Crippen molar-refractivity contribution in [1.82, 2.24) is 24.4 Å². The molecule has 2 aliphatic rings. The molecule has 1 unspecified atom stereocenters. The van der Waals surface area contributed by atoms with Gasteiger partial charge in [0.25, 0.3) is 5.91 Å². The van der Waals surface area contributed by atoms with Gasteiger partial charge in [0.1, 0.15) is 11.4 Å². The minimum absolute atomic E-state index is 0.157. The fraction of sp³-hybridized carbons (Fsp3) is 0.632. The molecule has 9 nitrogen and oxygen atoms in total. The summed E-state index contributed by atoms with van der Waals surface area (Å²) < 4.78 is 6.90. The van der Waals surface area contributed by atoms with E-state index in [0.29, 0.717) is 62.7 Å². The predicted molar refractivity (Wildman–Crippen MR) is 104 cm³/mol. The molecule has 0 spiro atoms. The number of β-amino-alcohol motifs (C(OH)–C–C–N with tert-alkyl or cyclic N) is 1.